The highest BCUT2D eigenvalue weighted by Crippen LogP contribution is 2.49. The molecule has 4 amide bonds. The van der Waals surface area contributed by atoms with Crippen LogP contribution in [0.1, 0.15) is 36.2 Å². The molecule has 0 spiro atoms. The number of pyridine rings is 1. The molecule has 11 nitrogen and oxygen atoms in total. The van der Waals surface area contributed by atoms with Crippen LogP contribution >= 0.6 is 22.6 Å². The summed E-state index contributed by atoms with van der Waals surface area (Å²) in [6.07, 6.45) is -3.65. The predicted molar refractivity (Wildman–Crippen MR) is 179 cm³/mol. The second-order valence-corrected chi connectivity index (χ2v) is 12.9. The van der Waals surface area contributed by atoms with Gasteiger partial charge in [0.15, 0.2) is 5.41 Å². The second kappa shape index (κ2) is 15.2. The Morgan fingerprint density at radius 2 is 1.74 bits per heavy atom. The molecule has 5 N–H and O–H groups in total. The summed E-state index contributed by atoms with van der Waals surface area (Å²) in [5.74, 6) is -0.914. The van der Waals surface area contributed by atoms with Crippen molar-refractivity contribution in [3.63, 3.8) is 0 Å². The van der Waals surface area contributed by atoms with E-state index < -0.39 is 29.8 Å². The van der Waals surface area contributed by atoms with Crippen molar-refractivity contribution in [2.75, 3.05) is 55.9 Å². The topological polar surface area (TPSA) is 138 Å². The minimum Gasteiger partial charge on any atom is -0.351 e. The van der Waals surface area contributed by atoms with Gasteiger partial charge in [0.05, 0.1) is 23.7 Å². The Labute approximate surface area is 280 Å². The first-order valence-electron chi connectivity index (χ1n) is 14.6. The summed E-state index contributed by atoms with van der Waals surface area (Å²) < 4.78 is 45.9. The standard InChI is InChI=1S/C31H40F3IN8O3/c1-19(2)39-26-23(25(36)27(44)38-15-20-7-10-22(11-8-20)40-29(46)42(5)6)17-43(18-30(26,13-14-35)31(32,33)34)24-12-9-21(16-37-24)28(45)41(3)4/h7-12,16,19,36,39H,13-15,17-18H2,1-6H3,(H,38,44)(H,40,46)/p+1/t30-/m0/s1. The summed E-state index contributed by atoms with van der Waals surface area (Å²) in [7, 11) is 6.40. The Balaban J connectivity index is 1.98. The van der Waals surface area contributed by atoms with Gasteiger partial charge in [-0.25, -0.2) is 9.78 Å². The van der Waals surface area contributed by atoms with Crippen LogP contribution in [-0.4, -0.2) is 96.3 Å². The number of nitrogens with one attached hydrogen (secondary N) is 3. The number of carbonyl (C=O) groups is 3. The lowest BCUT2D eigenvalue weighted by Gasteiger charge is -2.45. The maximum absolute atomic E-state index is 15.2. The maximum atomic E-state index is 15.2. The lowest BCUT2D eigenvalue weighted by molar-refractivity contribution is -0.651. The number of hydrogen-bond donors (Lipinski definition) is 4. The molecule has 0 bridgehead atoms. The number of quaternary nitrogens is 1. The van der Waals surface area contributed by atoms with Gasteiger partial charge in [-0.15, -0.1) is 0 Å². The molecule has 46 heavy (non-hydrogen) atoms. The monoisotopic (exact) mass is 757 g/mol. The van der Waals surface area contributed by atoms with Crippen LogP contribution in [-0.2, 0) is 11.3 Å². The van der Waals surface area contributed by atoms with E-state index in [1.165, 1.54) is 38.3 Å². The molecule has 1 aliphatic rings. The number of benzene rings is 1. The summed E-state index contributed by atoms with van der Waals surface area (Å²) in [6.45, 7) is 2.93. The molecule has 0 aliphatic carbocycles. The lowest BCUT2D eigenvalue weighted by Crippen LogP contribution is -2.91. The predicted octanol–water partition coefficient (Wildman–Crippen LogP) is 3.63. The molecule has 0 fully saturated rings. The Hall–Kier alpha value is -3.73. The van der Waals surface area contributed by atoms with E-state index in [9.17, 15) is 14.4 Å². The normalized spacial score (nSPS) is 16.7. The quantitative estimate of drug-likeness (QED) is 0.158. The van der Waals surface area contributed by atoms with Gasteiger partial charge in [-0.05, 0) is 50.1 Å². The largest absolute Gasteiger partial charge is 0.405 e. The van der Waals surface area contributed by atoms with Crippen molar-refractivity contribution in [2.45, 2.75) is 39.0 Å². The number of nitrogens with two attached hydrogens (primary N) is 1. The number of anilines is 2. The van der Waals surface area contributed by atoms with Crippen molar-refractivity contribution >= 4 is 57.7 Å². The van der Waals surface area contributed by atoms with Gasteiger partial charge in [0, 0.05) is 57.6 Å². The first kappa shape index (κ1) is 36.7. The van der Waals surface area contributed by atoms with Gasteiger partial charge in [-0.2, -0.15) is 13.2 Å². The summed E-state index contributed by atoms with van der Waals surface area (Å²) in [4.78, 5) is 46.2. The lowest BCUT2D eigenvalue weighted by atomic mass is 9.74. The van der Waals surface area contributed by atoms with Crippen LogP contribution in [0.3, 0.4) is 0 Å². The molecule has 1 atom stereocenters. The van der Waals surface area contributed by atoms with Gasteiger partial charge >= 0.3 is 12.2 Å². The van der Waals surface area contributed by atoms with Crippen molar-refractivity contribution in [3.05, 3.63) is 65.0 Å². The molecule has 1 aromatic heterocycles. The third kappa shape index (κ3) is 8.54. The third-order valence-corrected chi connectivity index (χ3v) is 8.07. The maximum Gasteiger partial charge on any atom is 0.405 e. The fraction of sp³-hybridized carbons (Fsp3) is 0.452. The van der Waals surface area contributed by atoms with Crippen molar-refractivity contribution in [1.82, 2.24) is 20.1 Å². The number of carbonyl (C=O) groups excluding carboxylic acids is 3. The van der Waals surface area contributed by atoms with E-state index in [2.05, 4.69) is 15.6 Å². The number of urea groups is 1. The molecule has 250 valence electrons. The molecule has 2 heterocycles. The highest BCUT2D eigenvalue weighted by Gasteiger charge is 2.63. The fourth-order valence-corrected chi connectivity index (χ4v) is 5.99. The number of amides is 4. The summed E-state index contributed by atoms with van der Waals surface area (Å²) in [5, 5.41) is 15.8. The van der Waals surface area contributed by atoms with E-state index in [0.717, 1.165) is 0 Å². The number of aromatic nitrogens is 1. The molecular weight excluding hydrogens is 716 g/mol. The summed E-state index contributed by atoms with van der Waals surface area (Å²) in [5.41, 5.74) is -1.53. The minimum absolute atomic E-state index is 0.0183. The van der Waals surface area contributed by atoms with Crippen LogP contribution in [0.2, 0.25) is 0 Å². The average molecular weight is 758 g/mol. The van der Waals surface area contributed by atoms with Crippen LogP contribution < -0.4 is 20.9 Å². The summed E-state index contributed by atoms with van der Waals surface area (Å²) in [6, 6.07) is 9.13. The molecular formula is C31H41F3IN8O3+. The molecule has 0 unspecified atom stereocenters. The van der Waals surface area contributed by atoms with Crippen molar-refractivity contribution < 1.29 is 32.9 Å². The zero-order valence-electron chi connectivity index (χ0n) is 26.8. The van der Waals surface area contributed by atoms with Gasteiger partial charge in [0.2, 0.25) is 0 Å². The molecule has 0 saturated carbocycles. The Bertz CT molecular complexity index is 1460. The van der Waals surface area contributed by atoms with Crippen LogP contribution in [0.4, 0.5) is 29.5 Å². The highest BCUT2D eigenvalue weighted by atomic mass is 127. The molecule has 1 aliphatic heterocycles. The first-order chi connectivity index (χ1) is 21.5. The molecule has 2 aromatic rings. The van der Waals surface area contributed by atoms with Crippen LogP contribution in [0, 0.1) is 10.8 Å². The van der Waals surface area contributed by atoms with Gasteiger partial charge in [-0.3, -0.25) is 15.0 Å². The van der Waals surface area contributed by atoms with E-state index in [4.69, 9.17) is 5.41 Å². The molecule has 0 radical (unpaired) electrons. The molecule has 0 saturated heterocycles. The van der Waals surface area contributed by atoms with Gasteiger partial charge in [0.1, 0.15) is 17.2 Å². The van der Waals surface area contributed by atoms with E-state index in [-0.39, 0.29) is 64.6 Å². The fourth-order valence-electron chi connectivity index (χ4n) is 5.07. The Morgan fingerprint density at radius 3 is 2.24 bits per heavy atom. The first-order valence-corrected chi connectivity index (χ1v) is 16.1. The molecule has 3 rings (SSSR count). The highest BCUT2D eigenvalue weighted by molar-refractivity contribution is 14.1. The smallest absolute Gasteiger partial charge is 0.351 e. The molecule has 15 heteroatoms. The van der Waals surface area contributed by atoms with Crippen LogP contribution in [0.15, 0.2) is 53.9 Å². The number of alkyl halides is 4. The minimum atomic E-state index is -4.70. The van der Waals surface area contributed by atoms with Crippen molar-refractivity contribution in [1.29, 1.82) is 5.41 Å². The van der Waals surface area contributed by atoms with Crippen molar-refractivity contribution in [2.24, 2.45) is 5.41 Å². The van der Waals surface area contributed by atoms with Gasteiger partial charge in [-0.1, -0.05) is 34.7 Å². The second-order valence-electron chi connectivity index (χ2n) is 11.9. The number of halogens is 4. The Kier molecular flexibility index (Phi) is 12.2. The van der Waals surface area contributed by atoms with E-state index in [0.29, 0.717) is 11.3 Å². The zero-order valence-corrected chi connectivity index (χ0v) is 28.9. The molecule has 1 aromatic carbocycles. The third-order valence-electron chi connectivity index (χ3n) is 7.53. The van der Waals surface area contributed by atoms with Crippen LogP contribution in [0.5, 0.6) is 0 Å². The SMILES string of the molecule is CC(C)[NH2+]C1=C(C(=N)C(=O)NCc2ccc(NC(=O)N(C)C)cc2)CN(c2ccc(C(=O)N(C)C)cn2)C[C@]1(CCI)C(F)(F)F. The number of rotatable bonds is 11. The van der Waals surface area contributed by atoms with Crippen molar-refractivity contribution in [3.8, 4) is 0 Å². The Morgan fingerprint density at radius 1 is 1.09 bits per heavy atom. The van der Waals surface area contributed by atoms with E-state index in [1.54, 1.807) is 66.3 Å². The van der Waals surface area contributed by atoms with E-state index in [1.807, 2.05) is 22.6 Å². The van der Waals surface area contributed by atoms with Gasteiger partial charge in [0.25, 0.3) is 11.8 Å². The van der Waals surface area contributed by atoms with E-state index >= 15 is 13.2 Å². The summed E-state index contributed by atoms with van der Waals surface area (Å²) >= 11 is 1.92. The van der Waals surface area contributed by atoms with Gasteiger partial charge < -0.3 is 30.7 Å². The zero-order chi connectivity index (χ0) is 34.4. The van der Waals surface area contributed by atoms with Crippen LogP contribution in [0.25, 0.3) is 0 Å². The number of nitrogens with zero attached hydrogens (tertiary/aromatic N) is 4. The average Bonchev–Trinajstić information content (AvgIpc) is 2.99. The number of hydrogen-bond acceptors (Lipinski definition) is 6.